The van der Waals surface area contributed by atoms with Crippen LogP contribution in [0.1, 0.15) is 73.1 Å². The van der Waals surface area contributed by atoms with Crippen molar-refractivity contribution in [2.75, 3.05) is 14.2 Å². The van der Waals surface area contributed by atoms with Crippen molar-refractivity contribution in [1.82, 2.24) is 0 Å². The van der Waals surface area contributed by atoms with Gasteiger partial charge in [0.1, 0.15) is 0 Å². The molecule has 0 fully saturated rings. The first-order valence-electron chi connectivity index (χ1n) is 8.38. The van der Waals surface area contributed by atoms with Crippen LogP contribution in [0.25, 0.3) is 0 Å². The Kier molecular flexibility index (Phi) is 11.2. The number of rotatable bonds is 11. The fourth-order valence-electron chi connectivity index (χ4n) is 2.21. The first-order valence-corrected chi connectivity index (χ1v) is 8.38. The van der Waals surface area contributed by atoms with E-state index in [4.69, 9.17) is 9.47 Å². The summed E-state index contributed by atoms with van der Waals surface area (Å²) in [5, 5.41) is 0. The lowest BCUT2D eigenvalue weighted by molar-refractivity contribution is -0.196. The zero-order chi connectivity index (χ0) is 17.0. The molecule has 0 aromatic rings. The largest absolute Gasteiger partial charge is 0.353 e. The highest BCUT2D eigenvalue weighted by molar-refractivity contribution is 5.05. The van der Waals surface area contributed by atoms with E-state index < -0.39 is 5.79 Å². The van der Waals surface area contributed by atoms with Crippen molar-refractivity contribution in [3.63, 3.8) is 0 Å². The first-order chi connectivity index (χ1) is 10.3. The molecule has 0 saturated heterocycles. The van der Waals surface area contributed by atoms with Crippen LogP contribution in [0.3, 0.4) is 0 Å². The molecule has 128 valence electrons. The second-order valence-electron chi connectivity index (χ2n) is 6.54. The molecule has 0 amide bonds. The number of hydrogen-bond donors (Lipinski definition) is 0. The molecule has 0 N–H and O–H groups in total. The van der Waals surface area contributed by atoms with Crippen LogP contribution in [-0.2, 0) is 9.47 Å². The van der Waals surface area contributed by atoms with Crippen molar-refractivity contribution in [2.45, 2.75) is 78.9 Å². The molecule has 0 aromatic carbocycles. The zero-order valence-electron chi connectivity index (χ0n) is 15.8. The summed E-state index contributed by atoms with van der Waals surface area (Å²) in [6.45, 7) is 10.7. The fraction of sp³-hybridized carbons (Fsp3) is 0.700. The number of methoxy groups -OCH3 is 2. The Labute approximate surface area is 138 Å². The van der Waals surface area contributed by atoms with Gasteiger partial charge in [0.05, 0.1) is 0 Å². The molecule has 0 bridgehead atoms. The van der Waals surface area contributed by atoms with Crippen LogP contribution in [-0.4, -0.2) is 20.0 Å². The maximum atomic E-state index is 5.37. The van der Waals surface area contributed by atoms with Gasteiger partial charge in [-0.05, 0) is 66.7 Å². The van der Waals surface area contributed by atoms with Crippen molar-refractivity contribution < 1.29 is 9.47 Å². The van der Waals surface area contributed by atoms with Crippen LogP contribution in [0, 0.1) is 0 Å². The molecule has 0 radical (unpaired) electrons. The van der Waals surface area contributed by atoms with Gasteiger partial charge in [0.25, 0.3) is 0 Å². The maximum absolute atomic E-state index is 5.37. The van der Waals surface area contributed by atoms with Crippen LogP contribution < -0.4 is 0 Å². The van der Waals surface area contributed by atoms with E-state index in [-0.39, 0.29) is 0 Å². The van der Waals surface area contributed by atoms with E-state index in [0.29, 0.717) is 0 Å². The molecular weight excluding hydrogens is 272 g/mol. The van der Waals surface area contributed by atoms with Crippen LogP contribution in [0.5, 0.6) is 0 Å². The molecule has 2 heteroatoms. The molecule has 22 heavy (non-hydrogen) atoms. The minimum atomic E-state index is -0.460. The Morgan fingerprint density at radius 3 is 1.68 bits per heavy atom. The predicted molar refractivity (Wildman–Crippen MR) is 97.1 cm³/mol. The molecule has 0 aromatic heterocycles. The summed E-state index contributed by atoms with van der Waals surface area (Å²) in [4.78, 5) is 0. The lowest BCUT2D eigenvalue weighted by atomic mass is 10.0. The Balaban J connectivity index is 4.04. The third-order valence-corrected chi connectivity index (χ3v) is 4.08. The van der Waals surface area contributed by atoms with Crippen LogP contribution in [0.2, 0.25) is 0 Å². The summed E-state index contributed by atoms with van der Waals surface area (Å²) in [5.74, 6) is -0.460. The normalized spacial score (nSPS) is 13.4. The Morgan fingerprint density at radius 1 is 0.773 bits per heavy atom. The summed E-state index contributed by atoms with van der Waals surface area (Å²) in [6, 6.07) is 0. The van der Waals surface area contributed by atoms with E-state index in [0.717, 1.165) is 32.1 Å². The fourth-order valence-corrected chi connectivity index (χ4v) is 2.21. The van der Waals surface area contributed by atoms with Crippen LogP contribution in [0.4, 0.5) is 0 Å². The van der Waals surface area contributed by atoms with Gasteiger partial charge in [0.15, 0.2) is 5.79 Å². The minimum absolute atomic E-state index is 0.460. The summed E-state index contributed by atoms with van der Waals surface area (Å²) < 4.78 is 10.7. The van der Waals surface area contributed by atoms with Crippen molar-refractivity contribution in [3.8, 4) is 0 Å². The third-order valence-electron chi connectivity index (χ3n) is 4.08. The van der Waals surface area contributed by atoms with Gasteiger partial charge in [-0.25, -0.2) is 0 Å². The Hall–Kier alpha value is -0.860. The summed E-state index contributed by atoms with van der Waals surface area (Å²) in [6.07, 6.45) is 13.5. The average Bonchev–Trinajstić information content (AvgIpc) is 2.46. The number of allylic oxidation sites excluding steroid dienone is 6. The predicted octanol–water partition coefficient (Wildman–Crippen LogP) is 6.19. The topological polar surface area (TPSA) is 18.5 Å². The van der Waals surface area contributed by atoms with Gasteiger partial charge in [-0.2, -0.15) is 0 Å². The monoisotopic (exact) mass is 308 g/mol. The van der Waals surface area contributed by atoms with Crippen molar-refractivity contribution in [1.29, 1.82) is 0 Å². The smallest absolute Gasteiger partial charge is 0.165 e. The second kappa shape index (κ2) is 11.7. The molecule has 0 aliphatic rings. The summed E-state index contributed by atoms with van der Waals surface area (Å²) in [7, 11) is 3.39. The lowest BCUT2D eigenvalue weighted by Crippen LogP contribution is -2.29. The highest BCUT2D eigenvalue weighted by atomic mass is 16.7. The quantitative estimate of drug-likeness (QED) is 0.334. The Bertz CT molecular complexity index is 381. The van der Waals surface area contributed by atoms with Gasteiger partial charge in [-0.15, -0.1) is 0 Å². The molecule has 0 spiro atoms. The lowest BCUT2D eigenvalue weighted by Gasteiger charge is -2.25. The molecule has 0 rings (SSSR count). The first kappa shape index (κ1) is 21.1. The molecular formula is C20H36O2. The zero-order valence-corrected chi connectivity index (χ0v) is 15.8. The average molecular weight is 309 g/mol. The van der Waals surface area contributed by atoms with Crippen LogP contribution >= 0.6 is 0 Å². The highest BCUT2D eigenvalue weighted by Gasteiger charge is 2.20. The van der Waals surface area contributed by atoms with E-state index in [1.54, 1.807) is 14.2 Å². The second-order valence-corrected chi connectivity index (χ2v) is 6.54. The van der Waals surface area contributed by atoms with Gasteiger partial charge >= 0.3 is 0 Å². The summed E-state index contributed by atoms with van der Waals surface area (Å²) >= 11 is 0. The number of hydrogen-bond acceptors (Lipinski definition) is 2. The van der Waals surface area contributed by atoms with E-state index >= 15 is 0 Å². The highest BCUT2D eigenvalue weighted by Crippen LogP contribution is 2.19. The summed E-state index contributed by atoms with van der Waals surface area (Å²) in [5.41, 5.74) is 4.35. The molecule has 0 aliphatic carbocycles. The van der Waals surface area contributed by atoms with Gasteiger partial charge < -0.3 is 9.47 Å². The minimum Gasteiger partial charge on any atom is -0.353 e. The van der Waals surface area contributed by atoms with Crippen LogP contribution in [0.15, 0.2) is 34.9 Å². The molecule has 0 aliphatic heterocycles. The SMILES string of the molecule is COC(C)(CC/C=C(\C)CC/C=C(\C)CCC=C(C)C)OC. The third kappa shape index (κ3) is 10.8. The Morgan fingerprint density at radius 2 is 1.23 bits per heavy atom. The van der Waals surface area contributed by atoms with Crippen molar-refractivity contribution >= 4 is 0 Å². The van der Waals surface area contributed by atoms with Crippen molar-refractivity contribution in [3.05, 3.63) is 34.9 Å². The molecule has 0 atom stereocenters. The van der Waals surface area contributed by atoms with Gasteiger partial charge in [-0.3, -0.25) is 0 Å². The number of ether oxygens (including phenoxy) is 2. The van der Waals surface area contributed by atoms with E-state index in [2.05, 4.69) is 45.9 Å². The maximum Gasteiger partial charge on any atom is 0.165 e. The van der Waals surface area contributed by atoms with E-state index in [1.807, 2.05) is 6.92 Å². The van der Waals surface area contributed by atoms with E-state index in [9.17, 15) is 0 Å². The van der Waals surface area contributed by atoms with E-state index in [1.165, 1.54) is 23.1 Å². The van der Waals surface area contributed by atoms with Gasteiger partial charge in [0.2, 0.25) is 0 Å². The van der Waals surface area contributed by atoms with Gasteiger partial charge in [0, 0.05) is 20.6 Å². The van der Waals surface area contributed by atoms with Crippen molar-refractivity contribution in [2.24, 2.45) is 0 Å². The standard InChI is InChI=1S/C20H36O2/c1-17(2)11-8-12-18(3)13-9-14-19(4)15-10-16-20(5,21-6)22-7/h11,13,15H,8-10,12,14,16H2,1-7H3/b18-13+,19-15+. The molecule has 0 heterocycles. The molecule has 0 saturated carbocycles. The molecule has 0 unspecified atom stereocenters. The van der Waals surface area contributed by atoms with Gasteiger partial charge in [-0.1, -0.05) is 34.9 Å². The molecule has 2 nitrogen and oxygen atoms in total.